The first kappa shape index (κ1) is 16.0. The largest absolute Gasteiger partial charge is 0.466 e. The number of ether oxygens (including phenoxy) is 2. The predicted molar refractivity (Wildman–Crippen MR) is 56.5 cm³/mol. The van der Waals surface area contributed by atoms with E-state index < -0.39 is 18.6 Å². The van der Waals surface area contributed by atoms with Crippen LogP contribution in [0, 0.1) is 0 Å². The molecule has 17 heavy (non-hydrogen) atoms. The molecule has 0 aromatic rings. The molecule has 0 amide bonds. The van der Waals surface area contributed by atoms with Gasteiger partial charge in [0, 0.05) is 18.6 Å². The zero-order chi connectivity index (χ0) is 13.3. The van der Waals surface area contributed by atoms with E-state index in [0.717, 1.165) is 0 Å². The highest BCUT2D eigenvalue weighted by Crippen LogP contribution is 2.20. The fourth-order valence-electron chi connectivity index (χ4n) is 1.12. The van der Waals surface area contributed by atoms with Gasteiger partial charge in [-0.15, -0.1) is 0 Å². The minimum absolute atomic E-state index is 0.0220. The summed E-state index contributed by atoms with van der Waals surface area (Å²) in [6, 6.07) is 0. The Hall–Kier alpha value is -1.04. The van der Waals surface area contributed by atoms with Crippen molar-refractivity contribution < 1.29 is 27.4 Å². The molecular formula is C11H17F3O3. The molecule has 0 aromatic heterocycles. The molecule has 0 atom stereocenters. The number of alkyl halides is 3. The van der Waals surface area contributed by atoms with Gasteiger partial charge in [-0.1, -0.05) is 6.92 Å². The number of hydrogen-bond acceptors (Lipinski definition) is 3. The molecule has 6 heteroatoms. The second-order valence-corrected chi connectivity index (χ2v) is 3.37. The van der Waals surface area contributed by atoms with Gasteiger partial charge in [-0.05, 0) is 18.9 Å². The Balaban J connectivity index is 3.75. The van der Waals surface area contributed by atoms with Crippen LogP contribution in [-0.2, 0) is 14.3 Å². The topological polar surface area (TPSA) is 35.5 Å². The van der Waals surface area contributed by atoms with Gasteiger partial charge in [0.15, 0.2) is 0 Å². The molecule has 0 aromatic carbocycles. The lowest BCUT2D eigenvalue weighted by Gasteiger charge is -2.06. The summed E-state index contributed by atoms with van der Waals surface area (Å²) in [4.78, 5) is 11.1. The second kappa shape index (κ2) is 8.11. The molecule has 0 N–H and O–H groups in total. The van der Waals surface area contributed by atoms with E-state index in [4.69, 9.17) is 4.74 Å². The maximum Gasteiger partial charge on any atom is 0.389 e. The second-order valence-electron chi connectivity index (χ2n) is 3.37. The summed E-state index contributed by atoms with van der Waals surface area (Å²) in [5.41, 5.74) is 0.461. The lowest BCUT2D eigenvalue weighted by molar-refractivity contribution is -0.137. The maximum atomic E-state index is 11.8. The monoisotopic (exact) mass is 254 g/mol. The molecule has 0 saturated carbocycles. The van der Waals surface area contributed by atoms with Crippen LogP contribution < -0.4 is 0 Å². The third-order valence-corrected chi connectivity index (χ3v) is 2.02. The average Bonchev–Trinajstić information content (AvgIpc) is 2.26. The molecule has 3 nitrogen and oxygen atoms in total. The van der Waals surface area contributed by atoms with Crippen molar-refractivity contribution in [1.29, 1.82) is 0 Å². The van der Waals surface area contributed by atoms with Gasteiger partial charge in [0.25, 0.3) is 0 Å². The van der Waals surface area contributed by atoms with Gasteiger partial charge in [-0.25, -0.2) is 4.79 Å². The Morgan fingerprint density at radius 3 is 2.47 bits per heavy atom. The number of carbonyl (C=O) groups excluding carboxylic acids is 1. The molecule has 0 aliphatic heterocycles. The van der Waals surface area contributed by atoms with Crippen molar-refractivity contribution in [3.05, 3.63) is 11.6 Å². The molecule has 0 rings (SSSR count). The van der Waals surface area contributed by atoms with Crippen LogP contribution in [0.1, 0.15) is 26.2 Å². The first-order valence-electron chi connectivity index (χ1n) is 5.32. The highest BCUT2D eigenvalue weighted by Gasteiger charge is 2.25. The van der Waals surface area contributed by atoms with Gasteiger partial charge >= 0.3 is 12.1 Å². The quantitative estimate of drug-likeness (QED) is 0.398. The van der Waals surface area contributed by atoms with Crippen LogP contribution in [0.4, 0.5) is 13.2 Å². The highest BCUT2D eigenvalue weighted by molar-refractivity contribution is 5.88. The van der Waals surface area contributed by atoms with E-state index in [9.17, 15) is 18.0 Å². The standard InChI is InChI=1S/C11H17F3O3/c1-3-9(10(15)16-2)5-8-17-7-4-6-11(12,13)14/h5H,3-4,6-8H2,1-2H3. The molecule has 0 aliphatic carbocycles. The summed E-state index contributed by atoms with van der Waals surface area (Å²) in [5, 5.41) is 0. The van der Waals surface area contributed by atoms with Crippen molar-refractivity contribution in [1.82, 2.24) is 0 Å². The van der Waals surface area contributed by atoms with Crippen molar-refractivity contribution >= 4 is 5.97 Å². The van der Waals surface area contributed by atoms with Crippen molar-refractivity contribution in [3.8, 4) is 0 Å². The summed E-state index contributed by atoms with van der Waals surface area (Å²) < 4.78 is 44.8. The number of methoxy groups -OCH3 is 1. The van der Waals surface area contributed by atoms with E-state index in [2.05, 4.69) is 4.74 Å². The zero-order valence-electron chi connectivity index (χ0n) is 9.97. The molecule has 0 spiro atoms. The number of hydrogen-bond donors (Lipinski definition) is 0. The lowest BCUT2D eigenvalue weighted by atomic mass is 10.2. The summed E-state index contributed by atoms with van der Waals surface area (Å²) in [7, 11) is 1.27. The van der Waals surface area contributed by atoms with Crippen LogP contribution in [0.2, 0.25) is 0 Å². The van der Waals surface area contributed by atoms with Crippen LogP contribution in [0.15, 0.2) is 11.6 Å². The minimum atomic E-state index is -4.14. The highest BCUT2D eigenvalue weighted by atomic mass is 19.4. The Morgan fingerprint density at radius 1 is 1.35 bits per heavy atom. The van der Waals surface area contributed by atoms with Crippen LogP contribution in [-0.4, -0.2) is 32.5 Å². The summed E-state index contributed by atoms with van der Waals surface area (Å²) in [5.74, 6) is -0.439. The van der Waals surface area contributed by atoms with E-state index in [-0.39, 0.29) is 19.6 Å². The smallest absolute Gasteiger partial charge is 0.389 e. The molecule has 0 radical (unpaired) electrons. The number of carbonyl (C=O) groups is 1. The van der Waals surface area contributed by atoms with Gasteiger partial charge in [-0.2, -0.15) is 13.2 Å². The molecule has 100 valence electrons. The van der Waals surface area contributed by atoms with Gasteiger partial charge in [0.1, 0.15) is 0 Å². The number of esters is 1. The molecule has 0 fully saturated rings. The molecule has 0 aliphatic rings. The van der Waals surface area contributed by atoms with E-state index in [1.54, 1.807) is 6.92 Å². The molecule has 0 heterocycles. The van der Waals surface area contributed by atoms with E-state index in [1.807, 2.05) is 0 Å². The fourth-order valence-corrected chi connectivity index (χ4v) is 1.12. The Morgan fingerprint density at radius 2 is 2.00 bits per heavy atom. The number of rotatable bonds is 7. The van der Waals surface area contributed by atoms with Crippen LogP contribution in [0.3, 0.4) is 0 Å². The van der Waals surface area contributed by atoms with Crippen LogP contribution in [0.5, 0.6) is 0 Å². The van der Waals surface area contributed by atoms with E-state index in [1.165, 1.54) is 13.2 Å². The Bertz CT molecular complexity index is 259. The predicted octanol–water partition coefficient (Wildman–Crippen LogP) is 2.85. The van der Waals surface area contributed by atoms with E-state index in [0.29, 0.717) is 12.0 Å². The lowest BCUT2D eigenvalue weighted by Crippen LogP contribution is -2.09. The van der Waals surface area contributed by atoms with Gasteiger partial charge in [0.2, 0.25) is 0 Å². The summed E-state index contributed by atoms with van der Waals surface area (Å²) >= 11 is 0. The third-order valence-electron chi connectivity index (χ3n) is 2.02. The molecule has 0 saturated heterocycles. The maximum absolute atomic E-state index is 11.8. The van der Waals surface area contributed by atoms with Gasteiger partial charge in [0.05, 0.1) is 13.7 Å². The first-order valence-corrected chi connectivity index (χ1v) is 5.32. The SMILES string of the molecule is CCC(=CCOCCCC(F)(F)F)C(=O)OC. The third kappa shape index (κ3) is 8.74. The molecule has 0 unspecified atom stereocenters. The van der Waals surface area contributed by atoms with Crippen LogP contribution in [0.25, 0.3) is 0 Å². The zero-order valence-corrected chi connectivity index (χ0v) is 9.97. The summed E-state index contributed by atoms with van der Waals surface area (Å²) in [6.07, 6.45) is -3.04. The van der Waals surface area contributed by atoms with Crippen molar-refractivity contribution in [2.45, 2.75) is 32.4 Å². The summed E-state index contributed by atoms with van der Waals surface area (Å²) in [6.45, 7) is 1.93. The van der Waals surface area contributed by atoms with E-state index >= 15 is 0 Å². The van der Waals surface area contributed by atoms with Gasteiger partial charge < -0.3 is 9.47 Å². The Kier molecular flexibility index (Phi) is 7.61. The van der Waals surface area contributed by atoms with Crippen molar-refractivity contribution in [2.24, 2.45) is 0 Å². The van der Waals surface area contributed by atoms with Crippen LogP contribution >= 0.6 is 0 Å². The molecule has 0 bridgehead atoms. The van der Waals surface area contributed by atoms with Gasteiger partial charge in [-0.3, -0.25) is 0 Å². The number of halogens is 3. The normalized spacial score (nSPS) is 12.6. The fraction of sp³-hybridized carbons (Fsp3) is 0.727. The average molecular weight is 254 g/mol. The minimum Gasteiger partial charge on any atom is -0.466 e. The Labute approximate surface area is 98.6 Å². The van der Waals surface area contributed by atoms with Crippen molar-refractivity contribution in [2.75, 3.05) is 20.3 Å². The molecular weight excluding hydrogens is 237 g/mol. The first-order chi connectivity index (χ1) is 7.90. The van der Waals surface area contributed by atoms with Crippen molar-refractivity contribution in [3.63, 3.8) is 0 Å².